The highest BCUT2D eigenvalue weighted by Crippen LogP contribution is 2.21. The van der Waals surface area contributed by atoms with Gasteiger partial charge in [0.05, 0.1) is 23.0 Å². The number of nitriles is 1. The van der Waals surface area contributed by atoms with E-state index in [1.165, 1.54) is 18.4 Å². The van der Waals surface area contributed by atoms with Gasteiger partial charge in [-0.1, -0.05) is 31.5 Å². The minimum Gasteiger partial charge on any atom is -0.192 e. The topological polar surface area (TPSA) is 48.5 Å². The summed E-state index contributed by atoms with van der Waals surface area (Å²) < 4.78 is 0. The van der Waals surface area contributed by atoms with Gasteiger partial charge in [0.1, 0.15) is 0 Å². The summed E-state index contributed by atoms with van der Waals surface area (Å²) >= 11 is 0. The lowest BCUT2D eigenvalue weighted by Crippen LogP contribution is -1.82. The van der Waals surface area contributed by atoms with Crippen LogP contribution >= 0.6 is 0 Å². The van der Waals surface area contributed by atoms with E-state index in [-0.39, 0.29) is 0 Å². The van der Waals surface area contributed by atoms with Crippen LogP contribution in [0.1, 0.15) is 36.5 Å². The maximum atomic E-state index is 9.01. The fraction of sp³-hybridized carbons (Fsp3) is 0.278. The maximum Gasteiger partial charge on any atom is 0.0995 e. The summed E-state index contributed by atoms with van der Waals surface area (Å²) in [6, 6.07) is 15.8. The van der Waals surface area contributed by atoms with Crippen LogP contribution in [-0.4, -0.2) is 0 Å². The number of benzene rings is 2. The summed E-state index contributed by atoms with van der Waals surface area (Å²) in [5.41, 5.74) is 4.46. The fourth-order valence-electron chi connectivity index (χ4n) is 2.02. The monoisotopic (exact) mass is 277 g/mol. The highest BCUT2D eigenvalue weighted by atomic mass is 15.1. The predicted molar refractivity (Wildman–Crippen MR) is 85.1 cm³/mol. The van der Waals surface area contributed by atoms with E-state index in [1.54, 1.807) is 6.07 Å². The Labute approximate surface area is 126 Å². The van der Waals surface area contributed by atoms with E-state index >= 15 is 0 Å². The molecular formula is C18H19N3. The van der Waals surface area contributed by atoms with Crippen molar-refractivity contribution in [2.45, 2.75) is 33.1 Å². The van der Waals surface area contributed by atoms with Crippen LogP contribution in [0.5, 0.6) is 0 Å². The number of hydrogen-bond acceptors (Lipinski definition) is 3. The molecule has 0 N–H and O–H groups in total. The maximum absolute atomic E-state index is 9.01. The van der Waals surface area contributed by atoms with Gasteiger partial charge in [-0.15, -0.1) is 0 Å². The molecular weight excluding hydrogens is 258 g/mol. The number of rotatable bonds is 5. The Morgan fingerprint density at radius 2 is 1.67 bits per heavy atom. The van der Waals surface area contributed by atoms with Crippen molar-refractivity contribution in [2.24, 2.45) is 10.2 Å². The first-order chi connectivity index (χ1) is 10.2. The van der Waals surface area contributed by atoms with Gasteiger partial charge in [0, 0.05) is 0 Å². The van der Waals surface area contributed by atoms with Gasteiger partial charge in [-0.3, -0.25) is 0 Å². The summed E-state index contributed by atoms with van der Waals surface area (Å²) in [4.78, 5) is 0. The zero-order valence-electron chi connectivity index (χ0n) is 12.5. The molecule has 0 aliphatic rings. The second kappa shape index (κ2) is 7.35. The predicted octanol–water partition coefficient (Wildman–Crippen LogP) is 5.62. The molecule has 0 fully saturated rings. The van der Waals surface area contributed by atoms with Crippen molar-refractivity contribution in [3.8, 4) is 6.07 Å². The smallest absolute Gasteiger partial charge is 0.0995 e. The van der Waals surface area contributed by atoms with Crippen LogP contribution in [0.4, 0.5) is 11.4 Å². The molecule has 2 rings (SSSR count). The van der Waals surface area contributed by atoms with Crippen molar-refractivity contribution in [1.29, 1.82) is 5.26 Å². The third kappa shape index (κ3) is 4.25. The lowest BCUT2D eigenvalue weighted by Gasteiger charge is -2.00. The summed E-state index contributed by atoms with van der Waals surface area (Å²) in [5.74, 6) is 0. The van der Waals surface area contributed by atoms with Crippen LogP contribution < -0.4 is 0 Å². The van der Waals surface area contributed by atoms with E-state index in [0.717, 1.165) is 17.7 Å². The molecule has 0 spiro atoms. The Morgan fingerprint density at radius 3 is 2.33 bits per heavy atom. The average molecular weight is 277 g/mol. The molecule has 0 saturated carbocycles. The average Bonchev–Trinajstić information content (AvgIpc) is 2.53. The first-order valence-corrected chi connectivity index (χ1v) is 7.24. The van der Waals surface area contributed by atoms with E-state index in [4.69, 9.17) is 5.26 Å². The molecule has 0 unspecified atom stereocenters. The van der Waals surface area contributed by atoms with Gasteiger partial charge < -0.3 is 0 Å². The van der Waals surface area contributed by atoms with Crippen molar-refractivity contribution >= 4 is 11.4 Å². The molecule has 3 heteroatoms. The van der Waals surface area contributed by atoms with Crippen molar-refractivity contribution in [1.82, 2.24) is 0 Å². The van der Waals surface area contributed by atoms with E-state index in [9.17, 15) is 0 Å². The Bertz CT molecular complexity index is 664. The largest absolute Gasteiger partial charge is 0.192 e. The van der Waals surface area contributed by atoms with Gasteiger partial charge in [0.2, 0.25) is 0 Å². The van der Waals surface area contributed by atoms with Gasteiger partial charge >= 0.3 is 0 Å². The van der Waals surface area contributed by atoms with Gasteiger partial charge in [0.25, 0.3) is 0 Å². The number of hydrogen-bond donors (Lipinski definition) is 0. The standard InChI is InChI=1S/C18H19N3/c1-3-4-5-15-7-10-17(11-8-15)20-21-18-9-6-14(2)16(12-18)13-19/h6-12H,3-5H2,1-2H3/b21-20+. The summed E-state index contributed by atoms with van der Waals surface area (Å²) in [5, 5.41) is 17.4. The Morgan fingerprint density at radius 1 is 1.00 bits per heavy atom. The molecule has 0 aliphatic carbocycles. The van der Waals surface area contributed by atoms with Gasteiger partial charge in [-0.2, -0.15) is 15.5 Å². The van der Waals surface area contributed by atoms with Crippen molar-refractivity contribution in [3.63, 3.8) is 0 Å². The molecule has 2 aromatic rings. The lowest BCUT2D eigenvalue weighted by molar-refractivity contribution is 0.795. The van der Waals surface area contributed by atoms with Gasteiger partial charge in [-0.05, 0) is 55.2 Å². The zero-order chi connectivity index (χ0) is 15.1. The molecule has 0 saturated heterocycles. The van der Waals surface area contributed by atoms with Crippen molar-refractivity contribution < 1.29 is 0 Å². The summed E-state index contributed by atoms with van der Waals surface area (Å²) in [6.07, 6.45) is 3.52. The first-order valence-electron chi connectivity index (χ1n) is 7.24. The summed E-state index contributed by atoms with van der Waals surface area (Å²) in [7, 11) is 0. The third-order valence-corrected chi connectivity index (χ3v) is 3.38. The normalized spacial score (nSPS) is 10.7. The van der Waals surface area contributed by atoms with Crippen LogP contribution in [0.3, 0.4) is 0 Å². The second-order valence-electron chi connectivity index (χ2n) is 5.08. The molecule has 0 bridgehead atoms. The van der Waals surface area contributed by atoms with Crippen molar-refractivity contribution in [3.05, 3.63) is 59.2 Å². The molecule has 3 nitrogen and oxygen atoms in total. The molecule has 0 amide bonds. The van der Waals surface area contributed by atoms with Gasteiger partial charge in [0.15, 0.2) is 0 Å². The highest BCUT2D eigenvalue weighted by molar-refractivity contribution is 5.49. The van der Waals surface area contributed by atoms with E-state index in [0.29, 0.717) is 11.3 Å². The minimum absolute atomic E-state index is 0.640. The molecule has 106 valence electrons. The number of aryl methyl sites for hydroxylation is 2. The second-order valence-corrected chi connectivity index (χ2v) is 5.08. The highest BCUT2D eigenvalue weighted by Gasteiger charge is 1.99. The van der Waals surface area contributed by atoms with Crippen LogP contribution in [-0.2, 0) is 6.42 Å². The minimum atomic E-state index is 0.640. The van der Waals surface area contributed by atoms with Crippen LogP contribution in [0.15, 0.2) is 52.7 Å². The Hall–Kier alpha value is -2.47. The van der Waals surface area contributed by atoms with E-state index < -0.39 is 0 Å². The zero-order valence-corrected chi connectivity index (χ0v) is 12.5. The summed E-state index contributed by atoms with van der Waals surface area (Å²) in [6.45, 7) is 4.11. The van der Waals surface area contributed by atoms with Crippen LogP contribution in [0, 0.1) is 18.3 Å². The number of nitrogens with zero attached hydrogens (tertiary/aromatic N) is 3. The Kier molecular flexibility index (Phi) is 5.22. The van der Waals surface area contributed by atoms with Crippen LogP contribution in [0.25, 0.3) is 0 Å². The Balaban J connectivity index is 2.09. The van der Waals surface area contributed by atoms with E-state index in [2.05, 4.69) is 35.4 Å². The van der Waals surface area contributed by atoms with Crippen molar-refractivity contribution in [2.75, 3.05) is 0 Å². The fourth-order valence-corrected chi connectivity index (χ4v) is 2.02. The van der Waals surface area contributed by atoms with Crippen LogP contribution in [0.2, 0.25) is 0 Å². The molecule has 0 atom stereocenters. The number of unbranched alkanes of at least 4 members (excludes halogenated alkanes) is 1. The van der Waals surface area contributed by atoms with Gasteiger partial charge in [-0.25, -0.2) is 0 Å². The molecule has 0 aromatic heterocycles. The third-order valence-electron chi connectivity index (χ3n) is 3.38. The quantitative estimate of drug-likeness (QED) is 0.654. The first kappa shape index (κ1) is 14.9. The van der Waals surface area contributed by atoms with E-state index in [1.807, 2.05) is 31.2 Å². The molecule has 0 heterocycles. The SMILES string of the molecule is CCCCc1ccc(/N=N/c2ccc(C)c(C#N)c2)cc1. The molecule has 0 radical (unpaired) electrons. The number of azo groups is 1. The molecule has 0 aliphatic heterocycles. The molecule has 2 aromatic carbocycles. The lowest BCUT2D eigenvalue weighted by atomic mass is 10.1. The molecule has 21 heavy (non-hydrogen) atoms.